The Morgan fingerprint density at radius 2 is 1.07 bits per heavy atom. The molecule has 0 aliphatic carbocycles. The van der Waals surface area contributed by atoms with Gasteiger partial charge in [-0.15, -0.1) is 0 Å². The predicted molar refractivity (Wildman–Crippen MR) is 182 cm³/mol. The molecular weight excluding hydrogens is 536 g/mol. The van der Waals surface area contributed by atoms with Crippen LogP contribution in [0, 0.1) is 0 Å². The topological polar surface area (TPSA) is 35.6 Å². The summed E-state index contributed by atoms with van der Waals surface area (Å²) in [6, 6.07) is 53.1. The van der Waals surface area contributed by atoms with Crippen molar-refractivity contribution in [1.29, 1.82) is 0 Å². The average Bonchev–Trinajstić information content (AvgIpc) is 3.69. The molecule has 0 spiro atoms. The van der Waals surface area contributed by atoms with Crippen LogP contribution >= 0.6 is 0 Å². The van der Waals surface area contributed by atoms with Crippen molar-refractivity contribution >= 4 is 43.5 Å². The van der Waals surface area contributed by atoms with Gasteiger partial charge in [0.1, 0.15) is 0 Å². The van der Waals surface area contributed by atoms with E-state index in [0.717, 1.165) is 44.8 Å². The predicted octanol–water partition coefficient (Wildman–Crippen LogP) is 10.0. The Hall–Kier alpha value is -6.00. The van der Waals surface area contributed by atoms with Crippen molar-refractivity contribution in [1.82, 2.24) is 19.1 Å². The lowest BCUT2D eigenvalue weighted by molar-refractivity contribution is 0.998. The van der Waals surface area contributed by atoms with E-state index in [9.17, 15) is 0 Å². The minimum atomic E-state index is 0.656. The Morgan fingerprint density at radius 3 is 1.77 bits per heavy atom. The highest BCUT2D eigenvalue weighted by molar-refractivity contribution is 6.25. The van der Waals surface area contributed by atoms with Gasteiger partial charge in [-0.3, -0.25) is 4.57 Å². The zero-order valence-electron chi connectivity index (χ0n) is 23.8. The van der Waals surface area contributed by atoms with Gasteiger partial charge < -0.3 is 4.57 Å². The van der Waals surface area contributed by atoms with E-state index in [4.69, 9.17) is 9.97 Å². The van der Waals surface area contributed by atoms with Crippen LogP contribution in [0.25, 0.3) is 77.6 Å². The van der Waals surface area contributed by atoms with E-state index in [1.807, 2.05) is 12.1 Å². The second-order valence-electron chi connectivity index (χ2n) is 11.1. The molecule has 9 aromatic rings. The molecular formula is C40H26N4. The van der Waals surface area contributed by atoms with E-state index in [2.05, 4.69) is 155 Å². The van der Waals surface area contributed by atoms with Gasteiger partial charge in [0.05, 0.1) is 27.9 Å². The first-order valence-corrected chi connectivity index (χ1v) is 14.9. The van der Waals surface area contributed by atoms with Crippen LogP contribution in [0.15, 0.2) is 158 Å². The first-order valence-electron chi connectivity index (χ1n) is 14.9. The fourth-order valence-electron chi connectivity index (χ4n) is 6.56. The van der Waals surface area contributed by atoms with Crippen molar-refractivity contribution in [2.45, 2.75) is 0 Å². The number of benzene rings is 6. The molecule has 3 aromatic heterocycles. The largest absolute Gasteiger partial charge is 0.317 e. The number of fused-ring (bicyclic) bond motifs is 7. The van der Waals surface area contributed by atoms with Crippen molar-refractivity contribution in [3.05, 3.63) is 158 Å². The molecule has 4 heteroatoms. The maximum atomic E-state index is 5.26. The fourth-order valence-corrected chi connectivity index (χ4v) is 6.56. The van der Waals surface area contributed by atoms with Crippen LogP contribution in [0.3, 0.4) is 0 Å². The third kappa shape index (κ3) is 3.78. The molecule has 0 N–H and O–H groups in total. The Kier molecular flexibility index (Phi) is 5.47. The van der Waals surface area contributed by atoms with E-state index in [-0.39, 0.29) is 0 Å². The number of aromatic nitrogens is 4. The molecule has 0 saturated carbocycles. The van der Waals surface area contributed by atoms with Gasteiger partial charge in [-0.1, -0.05) is 115 Å². The van der Waals surface area contributed by atoms with Crippen molar-refractivity contribution < 1.29 is 0 Å². The summed E-state index contributed by atoms with van der Waals surface area (Å²) in [7, 11) is 0. The molecule has 4 nitrogen and oxygen atoms in total. The van der Waals surface area contributed by atoms with Crippen LogP contribution in [-0.4, -0.2) is 19.1 Å². The molecule has 0 amide bonds. The van der Waals surface area contributed by atoms with Crippen LogP contribution in [0.2, 0.25) is 0 Å². The molecule has 0 bridgehead atoms. The summed E-state index contributed by atoms with van der Waals surface area (Å²) in [6.07, 6.45) is 2.17. The Bertz CT molecular complexity index is 2420. The normalized spacial score (nSPS) is 11.6. The van der Waals surface area contributed by atoms with E-state index < -0.39 is 0 Å². The lowest BCUT2D eigenvalue weighted by Crippen LogP contribution is -2.04. The number of para-hydroxylation sites is 2. The molecule has 0 unspecified atom stereocenters. The molecule has 0 fully saturated rings. The Morgan fingerprint density at radius 1 is 0.455 bits per heavy atom. The van der Waals surface area contributed by atoms with Crippen molar-refractivity contribution in [3.8, 4) is 34.2 Å². The van der Waals surface area contributed by atoms with Gasteiger partial charge in [-0.05, 0) is 41.8 Å². The SMILES string of the molecule is c1ccc(-c2cc(-c3ccccc3)nc(-n3c4ccccc4c4ccc5ccc6c(ccn6-c6ccccc6)c5c43)n2)cc1. The number of nitrogens with zero attached hydrogens (tertiary/aromatic N) is 4. The smallest absolute Gasteiger partial charge is 0.235 e. The molecule has 0 saturated heterocycles. The minimum Gasteiger partial charge on any atom is -0.317 e. The maximum absolute atomic E-state index is 5.26. The molecule has 206 valence electrons. The Labute approximate surface area is 254 Å². The quantitative estimate of drug-likeness (QED) is 0.214. The number of hydrogen-bond donors (Lipinski definition) is 0. The first-order chi connectivity index (χ1) is 21.8. The standard InChI is InChI=1S/C40H26N4/c1-4-12-27(13-5-1)34-26-35(28-14-6-2-7-15-28)42-40(41-34)44-37-19-11-10-18-31(37)32-22-20-29-21-23-36-33(38(29)39(32)44)24-25-43(36)30-16-8-3-9-17-30/h1-26H. The van der Waals surface area contributed by atoms with Crippen LogP contribution in [0.4, 0.5) is 0 Å². The van der Waals surface area contributed by atoms with Gasteiger partial charge in [0.25, 0.3) is 0 Å². The molecule has 3 heterocycles. The molecule has 9 rings (SSSR count). The van der Waals surface area contributed by atoms with E-state index >= 15 is 0 Å². The molecule has 0 aliphatic rings. The summed E-state index contributed by atoms with van der Waals surface area (Å²) >= 11 is 0. The summed E-state index contributed by atoms with van der Waals surface area (Å²) < 4.78 is 4.53. The van der Waals surface area contributed by atoms with E-state index in [0.29, 0.717) is 5.95 Å². The van der Waals surface area contributed by atoms with Crippen LogP contribution in [-0.2, 0) is 0 Å². The second kappa shape index (κ2) is 9.79. The van der Waals surface area contributed by atoms with Crippen molar-refractivity contribution in [3.63, 3.8) is 0 Å². The monoisotopic (exact) mass is 562 g/mol. The highest BCUT2D eigenvalue weighted by Crippen LogP contribution is 2.40. The molecule has 6 aromatic carbocycles. The minimum absolute atomic E-state index is 0.656. The number of rotatable bonds is 4. The lowest BCUT2D eigenvalue weighted by Gasteiger charge is -2.13. The van der Waals surface area contributed by atoms with Gasteiger partial charge in [0, 0.05) is 44.6 Å². The first kappa shape index (κ1) is 24.6. The molecule has 0 aliphatic heterocycles. The summed E-state index contributed by atoms with van der Waals surface area (Å²) in [5, 5.41) is 5.94. The van der Waals surface area contributed by atoms with Gasteiger partial charge in [0.2, 0.25) is 5.95 Å². The van der Waals surface area contributed by atoms with Crippen molar-refractivity contribution in [2.75, 3.05) is 0 Å². The van der Waals surface area contributed by atoms with Crippen LogP contribution in [0.1, 0.15) is 0 Å². The van der Waals surface area contributed by atoms with Crippen molar-refractivity contribution in [2.24, 2.45) is 0 Å². The fraction of sp³-hybridized carbons (Fsp3) is 0. The summed E-state index contributed by atoms with van der Waals surface area (Å²) in [5.74, 6) is 0.656. The van der Waals surface area contributed by atoms with Gasteiger partial charge in [0.15, 0.2) is 0 Å². The maximum Gasteiger partial charge on any atom is 0.235 e. The summed E-state index contributed by atoms with van der Waals surface area (Å²) in [5.41, 5.74) is 8.39. The zero-order valence-corrected chi connectivity index (χ0v) is 23.8. The van der Waals surface area contributed by atoms with Crippen LogP contribution < -0.4 is 0 Å². The average molecular weight is 563 g/mol. The molecule has 0 atom stereocenters. The summed E-state index contributed by atoms with van der Waals surface area (Å²) in [4.78, 5) is 10.5. The van der Waals surface area contributed by atoms with Gasteiger partial charge >= 0.3 is 0 Å². The summed E-state index contributed by atoms with van der Waals surface area (Å²) in [6.45, 7) is 0. The van der Waals surface area contributed by atoms with Crippen LogP contribution in [0.5, 0.6) is 0 Å². The van der Waals surface area contributed by atoms with E-state index in [1.54, 1.807) is 0 Å². The number of hydrogen-bond acceptors (Lipinski definition) is 2. The Balaban J connectivity index is 1.42. The van der Waals surface area contributed by atoms with E-state index in [1.165, 1.54) is 26.9 Å². The second-order valence-corrected chi connectivity index (χ2v) is 11.1. The highest BCUT2D eigenvalue weighted by atomic mass is 15.2. The van der Waals surface area contributed by atoms with Gasteiger partial charge in [-0.25, -0.2) is 9.97 Å². The molecule has 0 radical (unpaired) electrons. The lowest BCUT2D eigenvalue weighted by atomic mass is 10.0. The van der Waals surface area contributed by atoms with Gasteiger partial charge in [-0.2, -0.15) is 0 Å². The third-order valence-electron chi connectivity index (χ3n) is 8.57. The highest BCUT2D eigenvalue weighted by Gasteiger charge is 2.20. The molecule has 44 heavy (non-hydrogen) atoms. The third-order valence-corrected chi connectivity index (χ3v) is 8.57. The zero-order chi connectivity index (χ0) is 29.0.